The van der Waals surface area contributed by atoms with Crippen molar-refractivity contribution in [2.45, 2.75) is 44.2 Å². The van der Waals surface area contributed by atoms with Crippen LogP contribution in [0.5, 0.6) is 0 Å². The van der Waals surface area contributed by atoms with E-state index in [0.29, 0.717) is 13.0 Å². The molecule has 0 unspecified atom stereocenters. The Morgan fingerprint density at radius 3 is 2.26 bits per heavy atom. The molecule has 4 atom stereocenters. The Morgan fingerprint density at radius 2 is 1.66 bits per heavy atom. The van der Waals surface area contributed by atoms with E-state index in [1.54, 1.807) is 6.92 Å². The lowest BCUT2D eigenvalue weighted by atomic mass is 9.94. The predicted molar refractivity (Wildman–Crippen MR) is 130 cm³/mol. The smallest absolute Gasteiger partial charge is 0.407 e. The molecule has 0 bridgehead atoms. The number of hydrogen-bond donors (Lipinski definition) is 3. The summed E-state index contributed by atoms with van der Waals surface area (Å²) < 4.78 is 10.7. The first kappa shape index (κ1) is 24.7. The van der Waals surface area contributed by atoms with Gasteiger partial charge in [0.2, 0.25) is 5.91 Å². The molecule has 0 aromatic heterocycles. The quantitative estimate of drug-likeness (QED) is 0.506. The first-order chi connectivity index (χ1) is 16.9. The number of fused-ring (bicyclic) bond motifs is 3. The zero-order valence-electron chi connectivity index (χ0n) is 20.0. The molecule has 2 aromatic rings. The summed E-state index contributed by atoms with van der Waals surface area (Å²) in [6.45, 7) is 2.12. The van der Waals surface area contributed by atoms with E-state index >= 15 is 0 Å². The van der Waals surface area contributed by atoms with Crippen molar-refractivity contribution in [3.05, 3.63) is 59.7 Å². The lowest BCUT2D eigenvalue weighted by Crippen LogP contribution is -2.51. The molecule has 35 heavy (non-hydrogen) atoms. The average molecular weight is 481 g/mol. The summed E-state index contributed by atoms with van der Waals surface area (Å²) in [6.07, 6.45) is 1.09. The van der Waals surface area contributed by atoms with Crippen LogP contribution in [0.3, 0.4) is 0 Å². The molecule has 0 spiro atoms. The van der Waals surface area contributed by atoms with E-state index in [-0.39, 0.29) is 30.3 Å². The van der Waals surface area contributed by atoms with Crippen molar-refractivity contribution in [3.8, 4) is 11.1 Å². The highest BCUT2D eigenvalue weighted by atomic mass is 16.5. The number of benzene rings is 2. The number of rotatable bonds is 9. The maximum Gasteiger partial charge on any atom is 0.407 e. The molecular formula is C27H32N2O6. The topological polar surface area (TPSA) is 114 Å². The molecular weight excluding hydrogens is 448 g/mol. The number of amides is 2. The molecule has 0 heterocycles. The minimum atomic E-state index is -1.14. The molecule has 4 rings (SSSR count). The Labute approximate surface area is 205 Å². The number of alkyl carbamates (subject to hydrolysis) is 1. The maximum absolute atomic E-state index is 12.8. The maximum atomic E-state index is 12.8. The molecule has 1 saturated carbocycles. The fraction of sp³-hybridized carbons (Fsp3) is 0.444. The number of ether oxygens (including phenoxy) is 2. The number of hydrogen-bond acceptors (Lipinski definition) is 5. The predicted octanol–water partition coefficient (Wildman–Crippen LogP) is 3.55. The zero-order valence-corrected chi connectivity index (χ0v) is 20.0. The standard InChI is InChI=1S/C27H32N2O6/c1-16(34-2)24(26(31)32)29-25(30)18-13-7-8-17(18)14-28-27(33)35-15-23-21-11-5-3-9-19(21)20-10-4-6-12-22(20)23/h3-6,9-12,16-18,23-24H,7-8,13-15H2,1-2H3,(H,28,33)(H,29,30)(H,31,32)/t16-,17-,18-,24+/m1/s1. The largest absolute Gasteiger partial charge is 0.480 e. The lowest BCUT2D eigenvalue weighted by Gasteiger charge is -2.24. The van der Waals surface area contributed by atoms with Gasteiger partial charge in [-0.05, 0) is 47.9 Å². The SMILES string of the molecule is CO[C@H](C)[C@H](NC(=O)[C@@H]1CCC[C@@H]1CNC(=O)OCC1c2ccccc2-c2ccccc21)C(=O)O. The molecule has 0 radical (unpaired) electrons. The van der Waals surface area contributed by atoms with Gasteiger partial charge >= 0.3 is 12.1 Å². The molecule has 2 aliphatic carbocycles. The highest BCUT2D eigenvalue weighted by Gasteiger charge is 2.36. The van der Waals surface area contributed by atoms with Gasteiger partial charge in [-0.2, -0.15) is 0 Å². The number of carboxylic acid groups (broad SMARTS) is 1. The van der Waals surface area contributed by atoms with E-state index in [1.165, 1.54) is 18.2 Å². The van der Waals surface area contributed by atoms with Crippen molar-refractivity contribution in [3.63, 3.8) is 0 Å². The molecule has 2 aliphatic rings. The summed E-state index contributed by atoms with van der Waals surface area (Å²) in [5, 5.41) is 14.8. The summed E-state index contributed by atoms with van der Waals surface area (Å²) >= 11 is 0. The van der Waals surface area contributed by atoms with Crippen LogP contribution in [0.25, 0.3) is 11.1 Å². The summed E-state index contributed by atoms with van der Waals surface area (Å²) in [4.78, 5) is 36.8. The Bertz CT molecular complexity index is 1040. The number of carbonyl (C=O) groups is 3. The minimum Gasteiger partial charge on any atom is -0.480 e. The van der Waals surface area contributed by atoms with Crippen LogP contribution in [0, 0.1) is 11.8 Å². The molecule has 8 heteroatoms. The molecule has 0 saturated heterocycles. The molecule has 1 fully saturated rings. The van der Waals surface area contributed by atoms with Gasteiger partial charge in [-0.3, -0.25) is 4.79 Å². The monoisotopic (exact) mass is 480 g/mol. The second-order valence-electron chi connectivity index (χ2n) is 9.27. The summed E-state index contributed by atoms with van der Waals surface area (Å²) in [5.41, 5.74) is 4.62. The summed E-state index contributed by atoms with van der Waals surface area (Å²) in [7, 11) is 1.41. The van der Waals surface area contributed by atoms with Crippen molar-refractivity contribution < 1.29 is 29.0 Å². The Morgan fingerprint density at radius 1 is 1.03 bits per heavy atom. The van der Waals surface area contributed by atoms with Crippen LogP contribution >= 0.6 is 0 Å². The summed E-state index contributed by atoms with van der Waals surface area (Å²) in [6, 6.07) is 15.2. The molecule has 2 aromatic carbocycles. The van der Waals surface area contributed by atoms with Crippen molar-refractivity contribution in [1.29, 1.82) is 0 Å². The van der Waals surface area contributed by atoms with E-state index in [0.717, 1.165) is 24.0 Å². The van der Waals surface area contributed by atoms with E-state index in [4.69, 9.17) is 9.47 Å². The Balaban J connectivity index is 1.31. The third-order valence-electron chi connectivity index (χ3n) is 7.25. The van der Waals surface area contributed by atoms with E-state index < -0.39 is 24.2 Å². The first-order valence-corrected chi connectivity index (χ1v) is 12.1. The van der Waals surface area contributed by atoms with Crippen LogP contribution in [0.4, 0.5) is 4.79 Å². The van der Waals surface area contributed by atoms with Crippen LogP contribution < -0.4 is 10.6 Å². The molecule has 0 aliphatic heterocycles. The van der Waals surface area contributed by atoms with Crippen LogP contribution in [0.15, 0.2) is 48.5 Å². The van der Waals surface area contributed by atoms with Gasteiger partial charge in [-0.25, -0.2) is 9.59 Å². The third kappa shape index (κ3) is 5.32. The van der Waals surface area contributed by atoms with Crippen LogP contribution in [-0.4, -0.2) is 55.5 Å². The molecule has 3 N–H and O–H groups in total. The minimum absolute atomic E-state index is 0.0196. The van der Waals surface area contributed by atoms with Crippen LogP contribution in [0.1, 0.15) is 43.2 Å². The number of nitrogens with one attached hydrogen (secondary N) is 2. The van der Waals surface area contributed by atoms with Gasteiger partial charge < -0.3 is 25.2 Å². The number of aliphatic carboxylic acids is 1. The van der Waals surface area contributed by atoms with Gasteiger partial charge in [-0.1, -0.05) is 55.0 Å². The van der Waals surface area contributed by atoms with Gasteiger partial charge in [0.25, 0.3) is 0 Å². The second kappa shape index (κ2) is 10.9. The average Bonchev–Trinajstić information content (AvgIpc) is 3.47. The van der Waals surface area contributed by atoms with Gasteiger partial charge in [0.05, 0.1) is 6.10 Å². The van der Waals surface area contributed by atoms with Crippen molar-refractivity contribution in [2.75, 3.05) is 20.3 Å². The molecule has 8 nitrogen and oxygen atoms in total. The third-order valence-corrected chi connectivity index (χ3v) is 7.25. The van der Waals surface area contributed by atoms with Gasteiger partial charge in [0.15, 0.2) is 6.04 Å². The van der Waals surface area contributed by atoms with Crippen LogP contribution in [-0.2, 0) is 19.1 Å². The fourth-order valence-corrected chi connectivity index (χ4v) is 5.27. The Kier molecular flexibility index (Phi) is 7.70. The highest BCUT2D eigenvalue weighted by Crippen LogP contribution is 2.44. The van der Waals surface area contributed by atoms with E-state index in [9.17, 15) is 19.5 Å². The summed E-state index contributed by atoms with van der Waals surface area (Å²) in [5.74, 6) is -1.93. The Hall–Kier alpha value is -3.39. The highest BCUT2D eigenvalue weighted by molar-refractivity contribution is 5.86. The lowest BCUT2D eigenvalue weighted by molar-refractivity contribution is -0.146. The fourth-order valence-electron chi connectivity index (χ4n) is 5.27. The van der Waals surface area contributed by atoms with Gasteiger partial charge in [0.1, 0.15) is 6.61 Å². The van der Waals surface area contributed by atoms with Crippen LogP contribution in [0.2, 0.25) is 0 Å². The number of carbonyl (C=O) groups excluding carboxylic acids is 2. The van der Waals surface area contributed by atoms with Gasteiger partial charge in [-0.15, -0.1) is 0 Å². The van der Waals surface area contributed by atoms with E-state index in [2.05, 4.69) is 34.9 Å². The number of methoxy groups -OCH3 is 1. The van der Waals surface area contributed by atoms with Crippen molar-refractivity contribution in [2.24, 2.45) is 11.8 Å². The first-order valence-electron chi connectivity index (χ1n) is 12.1. The normalized spacial score (nSPS) is 20.4. The second-order valence-corrected chi connectivity index (χ2v) is 9.27. The van der Waals surface area contributed by atoms with Gasteiger partial charge in [0, 0.05) is 25.5 Å². The van der Waals surface area contributed by atoms with Crippen molar-refractivity contribution in [1.82, 2.24) is 10.6 Å². The molecule has 186 valence electrons. The zero-order chi connectivity index (χ0) is 24.9. The van der Waals surface area contributed by atoms with Crippen molar-refractivity contribution >= 4 is 18.0 Å². The molecule has 2 amide bonds. The number of carboxylic acids is 1. The van der Waals surface area contributed by atoms with E-state index in [1.807, 2.05) is 24.3 Å².